The molecular formula is C15H16N6. The summed E-state index contributed by atoms with van der Waals surface area (Å²) in [5.74, 6) is 0.388. The lowest BCUT2D eigenvalue weighted by molar-refractivity contribution is 0.687. The molecule has 21 heavy (non-hydrogen) atoms. The number of nitrogens with two attached hydrogens (primary N) is 1. The van der Waals surface area contributed by atoms with Crippen molar-refractivity contribution in [3.63, 3.8) is 0 Å². The van der Waals surface area contributed by atoms with E-state index < -0.39 is 0 Å². The smallest absolute Gasteiger partial charge is 0.221 e. The van der Waals surface area contributed by atoms with Gasteiger partial charge in [-0.2, -0.15) is 10.2 Å². The molecule has 2 heterocycles. The average Bonchev–Trinajstić information content (AvgIpc) is 3.08. The molecule has 0 fully saturated rings. The topological polar surface area (TPSA) is 74.0 Å². The lowest BCUT2D eigenvalue weighted by Crippen LogP contribution is -2.00. The zero-order chi connectivity index (χ0) is 14.7. The SMILES string of the molecule is Cc1cn(N=Cc2ccc(Cn3cccn3)cc2)c(N)n1. The number of benzene rings is 1. The molecule has 0 saturated heterocycles. The van der Waals surface area contributed by atoms with E-state index in [1.165, 1.54) is 5.56 Å². The third-order valence-electron chi connectivity index (χ3n) is 3.05. The third-order valence-corrected chi connectivity index (χ3v) is 3.05. The first-order valence-corrected chi connectivity index (χ1v) is 6.63. The van der Waals surface area contributed by atoms with Crippen molar-refractivity contribution >= 4 is 12.2 Å². The molecular weight excluding hydrogens is 264 g/mol. The van der Waals surface area contributed by atoms with Gasteiger partial charge in [0.05, 0.1) is 24.7 Å². The van der Waals surface area contributed by atoms with Gasteiger partial charge in [0.25, 0.3) is 0 Å². The molecule has 2 aromatic heterocycles. The molecule has 0 aliphatic heterocycles. The fraction of sp³-hybridized carbons (Fsp3) is 0.133. The Hall–Kier alpha value is -2.89. The number of nitrogens with zero attached hydrogens (tertiary/aromatic N) is 5. The van der Waals surface area contributed by atoms with E-state index in [-0.39, 0.29) is 0 Å². The van der Waals surface area contributed by atoms with Crippen LogP contribution in [0.5, 0.6) is 0 Å². The molecule has 3 rings (SSSR count). The molecule has 0 radical (unpaired) electrons. The highest BCUT2D eigenvalue weighted by Gasteiger charge is 1.99. The summed E-state index contributed by atoms with van der Waals surface area (Å²) in [6.45, 7) is 2.64. The van der Waals surface area contributed by atoms with Crippen LogP contribution in [0.25, 0.3) is 0 Å². The van der Waals surface area contributed by atoms with Crippen molar-refractivity contribution in [1.82, 2.24) is 19.4 Å². The van der Waals surface area contributed by atoms with E-state index in [9.17, 15) is 0 Å². The maximum Gasteiger partial charge on any atom is 0.221 e. The van der Waals surface area contributed by atoms with Crippen molar-refractivity contribution in [2.75, 3.05) is 5.73 Å². The summed E-state index contributed by atoms with van der Waals surface area (Å²) < 4.78 is 3.45. The number of imidazole rings is 1. The Bertz CT molecular complexity index is 737. The number of hydrogen-bond donors (Lipinski definition) is 1. The molecule has 1 aromatic carbocycles. The zero-order valence-corrected chi connectivity index (χ0v) is 11.7. The predicted octanol–water partition coefficient (Wildman–Crippen LogP) is 1.90. The molecule has 106 valence electrons. The Morgan fingerprint density at radius 3 is 2.71 bits per heavy atom. The highest BCUT2D eigenvalue weighted by Crippen LogP contribution is 2.06. The second kappa shape index (κ2) is 5.62. The van der Waals surface area contributed by atoms with Crippen molar-refractivity contribution in [2.45, 2.75) is 13.5 Å². The number of nitrogen functional groups attached to an aromatic ring is 1. The third kappa shape index (κ3) is 3.17. The van der Waals surface area contributed by atoms with Crippen LogP contribution in [0.3, 0.4) is 0 Å². The van der Waals surface area contributed by atoms with E-state index in [4.69, 9.17) is 5.73 Å². The molecule has 3 aromatic rings. The molecule has 0 unspecified atom stereocenters. The van der Waals surface area contributed by atoms with Crippen molar-refractivity contribution in [2.24, 2.45) is 5.10 Å². The number of anilines is 1. The van der Waals surface area contributed by atoms with E-state index in [1.807, 2.05) is 36.0 Å². The number of aryl methyl sites for hydroxylation is 1. The molecule has 0 spiro atoms. The summed E-state index contributed by atoms with van der Waals surface area (Å²) in [5.41, 5.74) is 8.77. The number of aromatic nitrogens is 4. The Labute approximate surface area is 122 Å². The molecule has 0 aliphatic rings. The molecule has 0 amide bonds. The molecule has 0 bridgehead atoms. The summed E-state index contributed by atoms with van der Waals surface area (Å²) in [5, 5.41) is 8.48. The van der Waals surface area contributed by atoms with Gasteiger partial charge < -0.3 is 5.73 Å². The van der Waals surface area contributed by atoms with Gasteiger partial charge in [0.15, 0.2) is 0 Å². The van der Waals surface area contributed by atoms with E-state index in [1.54, 1.807) is 23.3 Å². The summed E-state index contributed by atoms with van der Waals surface area (Å²) in [7, 11) is 0. The van der Waals surface area contributed by atoms with E-state index >= 15 is 0 Å². The van der Waals surface area contributed by atoms with E-state index in [0.29, 0.717) is 5.95 Å². The highest BCUT2D eigenvalue weighted by molar-refractivity contribution is 5.79. The first kappa shape index (κ1) is 13.1. The van der Waals surface area contributed by atoms with Crippen LogP contribution < -0.4 is 5.73 Å². The van der Waals surface area contributed by atoms with Gasteiger partial charge in [-0.1, -0.05) is 24.3 Å². The average molecular weight is 280 g/mol. The van der Waals surface area contributed by atoms with Crippen LogP contribution >= 0.6 is 0 Å². The molecule has 6 heteroatoms. The quantitative estimate of drug-likeness (QED) is 0.742. The first-order chi connectivity index (χ1) is 10.2. The largest absolute Gasteiger partial charge is 0.368 e. The maximum absolute atomic E-state index is 5.73. The molecule has 0 atom stereocenters. The molecule has 6 nitrogen and oxygen atoms in total. The van der Waals surface area contributed by atoms with Gasteiger partial charge in [0.1, 0.15) is 0 Å². The molecule has 0 aliphatic carbocycles. The lowest BCUT2D eigenvalue weighted by atomic mass is 10.1. The van der Waals surface area contributed by atoms with Gasteiger partial charge in [-0.3, -0.25) is 4.68 Å². The maximum atomic E-state index is 5.73. The van der Waals surface area contributed by atoms with Crippen molar-refractivity contribution in [3.8, 4) is 0 Å². The molecule has 2 N–H and O–H groups in total. The van der Waals surface area contributed by atoms with Crippen LogP contribution in [-0.2, 0) is 6.54 Å². The van der Waals surface area contributed by atoms with Gasteiger partial charge in [-0.25, -0.2) is 9.66 Å². The van der Waals surface area contributed by atoms with Crippen molar-refractivity contribution < 1.29 is 0 Å². The normalized spacial score (nSPS) is 11.3. The summed E-state index contributed by atoms with van der Waals surface area (Å²) in [4.78, 5) is 4.10. The fourth-order valence-corrected chi connectivity index (χ4v) is 2.02. The van der Waals surface area contributed by atoms with Gasteiger partial charge in [-0.05, 0) is 24.1 Å². The van der Waals surface area contributed by atoms with Crippen LogP contribution in [0.15, 0.2) is 54.0 Å². The highest BCUT2D eigenvalue weighted by atomic mass is 15.4. The van der Waals surface area contributed by atoms with Crippen LogP contribution in [-0.4, -0.2) is 25.7 Å². The Morgan fingerprint density at radius 2 is 2.10 bits per heavy atom. The summed E-state index contributed by atoms with van der Waals surface area (Å²) in [6.07, 6.45) is 7.27. The Balaban J connectivity index is 1.71. The van der Waals surface area contributed by atoms with Gasteiger partial charge in [0.2, 0.25) is 5.95 Å². The second-order valence-electron chi connectivity index (χ2n) is 4.77. The van der Waals surface area contributed by atoms with Crippen LogP contribution in [0, 0.1) is 6.92 Å². The van der Waals surface area contributed by atoms with Gasteiger partial charge in [0, 0.05) is 12.4 Å². The minimum Gasteiger partial charge on any atom is -0.368 e. The summed E-state index contributed by atoms with van der Waals surface area (Å²) >= 11 is 0. The van der Waals surface area contributed by atoms with Crippen molar-refractivity contribution in [3.05, 3.63) is 65.7 Å². The van der Waals surface area contributed by atoms with Gasteiger partial charge >= 0.3 is 0 Å². The van der Waals surface area contributed by atoms with Gasteiger partial charge in [-0.15, -0.1) is 0 Å². The zero-order valence-electron chi connectivity index (χ0n) is 11.7. The minimum absolute atomic E-state index is 0.388. The van der Waals surface area contributed by atoms with E-state index in [0.717, 1.165) is 17.8 Å². The predicted molar refractivity (Wildman–Crippen MR) is 82.1 cm³/mol. The minimum atomic E-state index is 0.388. The van der Waals surface area contributed by atoms with Crippen LogP contribution in [0.4, 0.5) is 5.95 Å². The fourth-order valence-electron chi connectivity index (χ4n) is 2.02. The number of rotatable bonds is 4. The Kier molecular flexibility index (Phi) is 3.51. The second-order valence-corrected chi connectivity index (χ2v) is 4.77. The Morgan fingerprint density at radius 1 is 1.29 bits per heavy atom. The van der Waals surface area contributed by atoms with E-state index in [2.05, 4.69) is 27.3 Å². The first-order valence-electron chi connectivity index (χ1n) is 6.63. The molecule has 0 saturated carbocycles. The number of hydrogen-bond acceptors (Lipinski definition) is 4. The lowest BCUT2D eigenvalue weighted by Gasteiger charge is -2.02. The standard InChI is InChI=1S/C15H16N6/c1-12-10-21(15(16)19-12)18-9-13-3-5-14(6-4-13)11-20-8-2-7-17-20/h2-10H,11H2,1H3,(H2,16,19). The summed E-state index contributed by atoms with van der Waals surface area (Å²) in [6, 6.07) is 10.1. The van der Waals surface area contributed by atoms with Crippen LogP contribution in [0.1, 0.15) is 16.8 Å². The van der Waals surface area contributed by atoms with Crippen molar-refractivity contribution in [1.29, 1.82) is 0 Å². The monoisotopic (exact) mass is 280 g/mol. The van der Waals surface area contributed by atoms with Crippen LogP contribution in [0.2, 0.25) is 0 Å².